The van der Waals surface area contributed by atoms with Crippen LogP contribution in [0.3, 0.4) is 0 Å². The third-order valence-electron chi connectivity index (χ3n) is 3.74. The summed E-state index contributed by atoms with van der Waals surface area (Å²) >= 11 is 0. The Hall–Kier alpha value is -2.22. The summed E-state index contributed by atoms with van der Waals surface area (Å²) in [5.74, 6) is -0.301. The van der Waals surface area contributed by atoms with Gasteiger partial charge in [-0.15, -0.1) is 0 Å². The quantitative estimate of drug-likeness (QED) is 0.714. The fraction of sp³-hybridized carbons (Fsp3) is 0.235. The second-order valence-corrected chi connectivity index (χ2v) is 7.47. The molecule has 0 saturated heterocycles. The van der Waals surface area contributed by atoms with Gasteiger partial charge in [-0.1, -0.05) is 47.1 Å². The van der Waals surface area contributed by atoms with Crippen molar-refractivity contribution in [2.45, 2.75) is 18.8 Å². The van der Waals surface area contributed by atoms with E-state index in [1.165, 1.54) is 0 Å². The molecule has 0 spiro atoms. The first-order chi connectivity index (χ1) is 11.4. The van der Waals surface area contributed by atoms with Gasteiger partial charge in [-0.2, -0.15) is 0 Å². The summed E-state index contributed by atoms with van der Waals surface area (Å²) < 4.78 is 32.0. The molecule has 3 rings (SSSR count). The largest absolute Gasteiger partial charge is 0.387 e. The number of benzene rings is 2. The van der Waals surface area contributed by atoms with Gasteiger partial charge < -0.3 is 9.63 Å². The van der Waals surface area contributed by atoms with Gasteiger partial charge in [-0.05, 0) is 24.6 Å². The number of para-hydroxylation sites is 1. The van der Waals surface area contributed by atoms with Crippen LogP contribution in [0.25, 0.3) is 11.0 Å². The van der Waals surface area contributed by atoms with Gasteiger partial charge in [0.15, 0.2) is 5.58 Å². The molecule has 1 atom stereocenters. The van der Waals surface area contributed by atoms with E-state index in [9.17, 15) is 13.5 Å². The number of rotatable bonds is 6. The van der Waals surface area contributed by atoms with Crippen molar-refractivity contribution >= 4 is 21.0 Å². The standard InChI is InChI=1S/C17H18N2O4S/c1-12-6-8-13(9-7-12)16(20)10-18-24(21,22)11-15-14-4-2-3-5-17(14)23-19-15/h2-9,16,18,20H,10-11H2,1H3. The number of aryl methyl sites for hydroxylation is 1. The number of fused-ring (bicyclic) bond motifs is 1. The van der Waals surface area contributed by atoms with Crippen LogP contribution in [0, 0.1) is 6.92 Å². The highest BCUT2D eigenvalue weighted by molar-refractivity contribution is 7.88. The summed E-state index contributed by atoms with van der Waals surface area (Å²) in [5, 5.41) is 14.6. The smallest absolute Gasteiger partial charge is 0.217 e. The molecule has 0 amide bonds. The highest BCUT2D eigenvalue weighted by Crippen LogP contribution is 2.19. The molecular weight excluding hydrogens is 328 g/mol. The minimum absolute atomic E-state index is 0.0961. The monoisotopic (exact) mass is 346 g/mol. The number of nitrogens with zero attached hydrogens (tertiary/aromatic N) is 1. The van der Waals surface area contributed by atoms with E-state index in [0.717, 1.165) is 5.56 Å². The molecule has 1 heterocycles. The first-order valence-corrected chi connectivity index (χ1v) is 9.15. The maximum Gasteiger partial charge on any atom is 0.217 e. The van der Waals surface area contributed by atoms with Gasteiger partial charge in [0, 0.05) is 11.9 Å². The highest BCUT2D eigenvalue weighted by atomic mass is 32.2. The van der Waals surface area contributed by atoms with Gasteiger partial charge in [0.05, 0.1) is 6.10 Å². The Balaban J connectivity index is 1.66. The van der Waals surface area contributed by atoms with E-state index in [2.05, 4.69) is 9.88 Å². The van der Waals surface area contributed by atoms with Gasteiger partial charge >= 0.3 is 0 Å². The van der Waals surface area contributed by atoms with E-state index in [1.54, 1.807) is 36.4 Å². The molecule has 1 unspecified atom stereocenters. The molecule has 0 bridgehead atoms. The summed E-state index contributed by atoms with van der Waals surface area (Å²) in [7, 11) is -3.64. The molecule has 126 valence electrons. The molecule has 3 aromatic rings. The molecule has 6 nitrogen and oxygen atoms in total. The van der Waals surface area contributed by atoms with Crippen molar-refractivity contribution in [3.05, 3.63) is 65.4 Å². The number of aromatic nitrogens is 1. The van der Waals surface area contributed by atoms with E-state index in [1.807, 2.05) is 19.1 Å². The predicted molar refractivity (Wildman–Crippen MR) is 90.8 cm³/mol. The second-order valence-electron chi connectivity index (χ2n) is 5.66. The average molecular weight is 346 g/mol. The third-order valence-corrected chi connectivity index (χ3v) is 5.00. The Labute approximate surface area is 140 Å². The van der Waals surface area contributed by atoms with Gasteiger partial charge in [-0.3, -0.25) is 0 Å². The predicted octanol–water partition coefficient (Wildman–Crippen LogP) is 2.29. The Kier molecular flexibility index (Phi) is 4.66. The highest BCUT2D eigenvalue weighted by Gasteiger charge is 2.19. The zero-order valence-electron chi connectivity index (χ0n) is 13.1. The lowest BCUT2D eigenvalue weighted by Crippen LogP contribution is -2.29. The van der Waals surface area contributed by atoms with Crippen LogP contribution in [-0.2, 0) is 15.8 Å². The molecule has 0 saturated carbocycles. The average Bonchev–Trinajstić information content (AvgIpc) is 2.96. The van der Waals surface area contributed by atoms with Crippen LogP contribution in [0.5, 0.6) is 0 Å². The van der Waals surface area contributed by atoms with Gasteiger partial charge in [0.25, 0.3) is 0 Å². The molecule has 0 aliphatic heterocycles. The number of hydrogen-bond donors (Lipinski definition) is 2. The van der Waals surface area contributed by atoms with Crippen LogP contribution < -0.4 is 4.72 Å². The summed E-state index contributed by atoms with van der Waals surface area (Å²) in [6, 6.07) is 14.4. The molecule has 2 N–H and O–H groups in total. The van der Waals surface area contributed by atoms with Crippen LogP contribution >= 0.6 is 0 Å². The van der Waals surface area contributed by atoms with E-state index < -0.39 is 16.1 Å². The number of aliphatic hydroxyl groups excluding tert-OH is 1. The number of sulfonamides is 1. The Bertz CT molecular complexity index is 933. The Morgan fingerprint density at radius 1 is 1.17 bits per heavy atom. The molecule has 0 aliphatic rings. The number of hydrogen-bond acceptors (Lipinski definition) is 5. The molecular formula is C17H18N2O4S. The lowest BCUT2D eigenvalue weighted by atomic mass is 10.1. The molecule has 0 radical (unpaired) electrons. The zero-order valence-corrected chi connectivity index (χ0v) is 14.0. The van der Waals surface area contributed by atoms with Crippen molar-refractivity contribution in [2.24, 2.45) is 0 Å². The zero-order chi connectivity index (χ0) is 17.2. The van der Waals surface area contributed by atoms with Crippen molar-refractivity contribution in [3.8, 4) is 0 Å². The van der Waals surface area contributed by atoms with Crippen LogP contribution in [0.15, 0.2) is 53.1 Å². The van der Waals surface area contributed by atoms with Crippen molar-refractivity contribution in [1.82, 2.24) is 9.88 Å². The molecule has 0 fully saturated rings. The first kappa shape index (κ1) is 16.6. The van der Waals surface area contributed by atoms with E-state index >= 15 is 0 Å². The van der Waals surface area contributed by atoms with E-state index in [-0.39, 0.29) is 12.3 Å². The second kappa shape index (κ2) is 6.72. The summed E-state index contributed by atoms with van der Waals surface area (Å²) in [6.45, 7) is 1.85. The van der Waals surface area contributed by atoms with Crippen molar-refractivity contribution in [2.75, 3.05) is 6.54 Å². The molecule has 1 aromatic heterocycles. The molecule has 0 aliphatic carbocycles. The third kappa shape index (κ3) is 3.81. The van der Waals surface area contributed by atoms with Crippen LogP contribution in [-0.4, -0.2) is 25.2 Å². The number of aliphatic hydroxyl groups is 1. The van der Waals surface area contributed by atoms with Crippen LogP contribution in [0.4, 0.5) is 0 Å². The Morgan fingerprint density at radius 3 is 2.62 bits per heavy atom. The maximum absolute atomic E-state index is 12.2. The fourth-order valence-corrected chi connectivity index (χ4v) is 3.47. The number of nitrogens with one attached hydrogen (secondary N) is 1. The SMILES string of the molecule is Cc1ccc(C(O)CNS(=O)(=O)Cc2noc3ccccc23)cc1. The van der Waals surface area contributed by atoms with Gasteiger partial charge in [0.1, 0.15) is 11.4 Å². The van der Waals surface area contributed by atoms with Crippen molar-refractivity contribution in [1.29, 1.82) is 0 Å². The van der Waals surface area contributed by atoms with E-state index in [0.29, 0.717) is 22.2 Å². The van der Waals surface area contributed by atoms with Gasteiger partial charge in [0.2, 0.25) is 10.0 Å². The minimum atomic E-state index is -3.64. The Morgan fingerprint density at radius 2 is 1.88 bits per heavy atom. The van der Waals surface area contributed by atoms with Crippen molar-refractivity contribution in [3.63, 3.8) is 0 Å². The lowest BCUT2D eigenvalue weighted by molar-refractivity contribution is 0.182. The van der Waals surface area contributed by atoms with Crippen LogP contribution in [0.1, 0.15) is 22.9 Å². The van der Waals surface area contributed by atoms with E-state index in [4.69, 9.17) is 4.52 Å². The topological polar surface area (TPSA) is 92.4 Å². The molecule has 7 heteroatoms. The fourth-order valence-electron chi connectivity index (χ4n) is 2.39. The summed E-state index contributed by atoms with van der Waals surface area (Å²) in [5.41, 5.74) is 2.63. The molecule has 2 aromatic carbocycles. The van der Waals surface area contributed by atoms with Gasteiger partial charge in [-0.25, -0.2) is 13.1 Å². The lowest BCUT2D eigenvalue weighted by Gasteiger charge is -2.12. The van der Waals surface area contributed by atoms with Crippen molar-refractivity contribution < 1.29 is 18.0 Å². The normalized spacial score (nSPS) is 13.2. The van der Waals surface area contributed by atoms with Crippen LogP contribution in [0.2, 0.25) is 0 Å². The maximum atomic E-state index is 12.2. The summed E-state index contributed by atoms with van der Waals surface area (Å²) in [4.78, 5) is 0. The minimum Gasteiger partial charge on any atom is -0.387 e. The first-order valence-electron chi connectivity index (χ1n) is 7.50. The summed E-state index contributed by atoms with van der Waals surface area (Å²) in [6.07, 6.45) is -0.908. The molecule has 24 heavy (non-hydrogen) atoms.